The van der Waals surface area contributed by atoms with Crippen molar-refractivity contribution in [3.8, 4) is 23.3 Å². The third-order valence-electron chi connectivity index (χ3n) is 5.22. The van der Waals surface area contributed by atoms with Crippen LogP contribution in [0.15, 0.2) is 77.1 Å². The van der Waals surface area contributed by atoms with Crippen molar-refractivity contribution in [3.63, 3.8) is 0 Å². The lowest BCUT2D eigenvalue weighted by Gasteiger charge is -2.28. The van der Waals surface area contributed by atoms with Gasteiger partial charge in [-0.1, -0.05) is 12.1 Å². The molecule has 4 rings (SSSR count). The van der Waals surface area contributed by atoms with Gasteiger partial charge in [-0.05, 0) is 42.0 Å². The molecule has 0 radical (unpaired) electrons. The Morgan fingerprint density at radius 1 is 1.24 bits per heavy atom. The Morgan fingerprint density at radius 2 is 2.00 bits per heavy atom. The minimum absolute atomic E-state index is 0.0440. The molecule has 1 aliphatic heterocycles. The Morgan fingerprint density at radius 3 is 2.67 bits per heavy atom. The minimum Gasteiger partial charge on any atom is -0.507 e. The molecule has 3 N–H and O–H groups in total. The van der Waals surface area contributed by atoms with Crippen molar-refractivity contribution in [2.75, 3.05) is 7.11 Å². The van der Waals surface area contributed by atoms with Crippen LogP contribution in [0, 0.1) is 21.4 Å². The van der Waals surface area contributed by atoms with Crippen molar-refractivity contribution in [1.29, 1.82) is 5.26 Å². The number of nitrogens with zero attached hydrogens (tertiary/aromatic N) is 3. The lowest BCUT2D eigenvalue weighted by atomic mass is 9.82. The molecule has 3 aromatic rings. The predicted molar refractivity (Wildman–Crippen MR) is 121 cm³/mol. The van der Waals surface area contributed by atoms with Gasteiger partial charge in [0.1, 0.15) is 28.9 Å². The van der Waals surface area contributed by atoms with E-state index in [4.69, 9.17) is 15.2 Å². The summed E-state index contributed by atoms with van der Waals surface area (Å²) in [5.74, 6) is -0.219. The van der Waals surface area contributed by atoms with Gasteiger partial charge in [0.05, 0.1) is 29.2 Å². The molecule has 0 unspecified atom stereocenters. The lowest BCUT2D eigenvalue weighted by Crippen LogP contribution is -2.22. The van der Waals surface area contributed by atoms with Crippen LogP contribution in [0.4, 0.5) is 11.4 Å². The Kier molecular flexibility index (Phi) is 5.66. The first-order valence-electron chi connectivity index (χ1n) is 9.79. The highest BCUT2D eigenvalue weighted by Gasteiger charge is 2.35. The number of fused-ring (bicyclic) bond motifs is 1. The first-order chi connectivity index (χ1) is 15.9. The molecule has 0 saturated carbocycles. The summed E-state index contributed by atoms with van der Waals surface area (Å²) in [6, 6.07) is 18.0. The number of benzene rings is 3. The number of hydrogen-bond acceptors (Lipinski definition) is 8. The summed E-state index contributed by atoms with van der Waals surface area (Å²) >= 11 is 0. The van der Waals surface area contributed by atoms with Crippen molar-refractivity contribution >= 4 is 17.6 Å². The molecule has 0 spiro atoms. The molecule has 164 valence electrons. The number of aromatic hydroxyl groups is 1. The number of ether oxygens (including phenoxy) is 2. The van der Waals surface area contributed by atoms with Gasteiger partial charge in [0.15, 0.2) is 0 Å². The van der Waals surface area contributed by atoms with E-state index in [-0.39, 0.29) is 34.2 Å². The summed E-state index contributed by atoms with van der Waals surface area (Å²) in [5, 5.41) is 31.7. The molecule has 1 atom stereocenters. The number of methoxy groups -OCH3 is 1. The molecule has 9 nitrogen and oxygen atoms in total. The summed E-state index contributed by atoms with van der Waals surface area (Å²) in [6.07, 6.45) is 1.55. The number of aliphatic imine (C=N–C) groups is 1. The van der Waals surface area contributed by atoms with Crippen molar-refractivity contribution < 1.29 is 19.5 Å². The first-order valence-corrected chi connectivity index (χ1v) is 9.79. The van der Waals surface area contributed by atoms with E-state index in [0.717, 1.165) is 0 Å². The normalized spacial score (nSPS) is 15.0. The largest absolute Gasteiger partial charge is 0.507 e. The Balaban J connectivity index is 1.84. The fourth-order valence-corrected chi connectivity index (χ4v) is 3.64. The fraction of sp³-hybridized carbons (Fsp3) is 0.0833. The van der Waals surface area contributed by atoms with Gasteiger partial charge in [0, 0.05) is 23.9 Å². The number of non-ortho nitro benzene ring substituents is 1. The monoisotopic (exact) mass is 442 g/mol. The number of nitrogens with two attached hydrogens (primary N) is 1. The standard InChI is InChI=1S/C24H18N4O5/c1-32-18-8-6-16(7-9-18)27-13-15-5-10-20(29)22-21(19(12-25)24(26)33-23(15)22)14-3-2-4-17(11-14)28(30)31/h2-11,13,21,29H,26H2,1H3/t21-/m0/s1. The van der Waals surface area contributed by atoms with Crippen LogP contribution >= 0.6 is 0 Å². The van der Waals surface area contributed by atoms with Gasteiger partial charge in [-0.15, -0.1) is 0 Å². The van der Waals surface area contributed by atoms with Crippen LogP contribution in [0.3, 0.4) is 0 Å². The van der Waals surface area contributed by atoms with E-state index in [2.05, 4.69) is 4.99 Å². The van der Waals surface area contributed by atoms with E-state index >= 15 is 0 Å². The SMILES string of the molecule is COc1ccc(N=Cc2ccc(O)c3c2OC(N)=C(C#N)[C@@H]3c2cccc([N+](=O)[O-])c2)cc1. The van der Waals surface area contributed by atoms with Crippen molar-refractivity contribution in [3.05, 3.63) is 98.9 Å². The molecule has 3 aromatic carbocycles. The maximum atomic E-state index is 11.3. The van der Waals surface area contributed by atoms with Crippen molar-refractivity contribution in [2.24, 2.45) is 10.7 Å². The second kappa shape index (κ2) is 8.72. The number of allylic oxidation sites excluding steroid dienone is 1. The molecule has 9 heteroatoms. The second-order valence-corrected chi connectivity index (χ2v) is 7.15. The Labute approximate surface area is 188 Å². The maximum absolute atomic E-state index is 11.3. The molecule has 0 amide bonds. The molecule has 0 saturated heterocycles. The van der Waals surface area contributed by atoms with Crippen LogP contribution in [0.2, 0.25) is 0 Å². The second-order valence-electron chi connectivity index (χ2n) is 7.15. The van der Waals surface area contributed by atoms with E-state index in [1.165, 1.54) is 24.3 Å². The molecular formula is C24H18N4O5. The number of nitro groups is 1. The van der Waals surface area contributed by atoms with Crippen molar-refractivity contribution in [2.45, 2.75) is 5.92 Å². The van der Waals surface area contributed by atoms with Gasteiger partial charge in [-0.25, -0.2) is 0 Å². The zero-order chi connectivity index (χ0) is 23.5. The summed E-state index contributed by atoms with van der Waals surface area (Å²) in [5.41, 5.74) is 7.82. The van der Waals surface area contributed by atoms with E-state index in [1.807, 2.05) is 6.07 Å². The van der Waals surface area contributed by atoms with Crippen molar-refractivity contribution in [1.82, 2.24) is 0 Å². The maximum Gasteiger partial charge on any atom is 0.269 e. The van der Waals surface area contributed by atoms with Crippen LogP contribution in [-0.4, -0.2) is 23.4 Å². The average Bonchev–Trinajstić information content (AvgIpc) is 2.83. The van der Waals surface area contributed by atoms with E-state index in [1.54, 1.807) is 49.7 Å². The Bertz CT molecular complexity index is 1340. The number of phenolic OH excluding ortho intramolecular Hbond substituents is 1. The van der Waals surface area contributed by atoms with Crippen LogP contribution in [0.5, 0.6) is 17.2 Å². The number of rotatable bonds is 5. The summed E-state index contributed by atoms with van der Waals surface area (Å²) in [4.78, 5) is 15.2. The third kappa shape index (κ3) is 4.05. The summed E-state index contributed by atoms with van der Waals surface area (Å²) in [7, 11) is 1.57. The Hall–Kier alpha value is -4.84. The van der Waals surface area contributed by atoms with Gasteiger partial charge in [0.25, 0.3) is 5.69 Å². The molecule has 33 heavy (non-hydrogen) atoms. The minimum atomic E-state index is -0.854. The highest BCUT2D eigenvalue weighted by molar-refractivity contribution is 5.88. The molecular weight excluding hydrogens is 424 g/mol. The highest BCUT2D eigenvalue weighted by Crippen LogP contribution is 2.48. The summed E-state index contributed by atoms with van der Waals surface area (Å²) < 4.78 is 10.9. The van der Waals surface area contributed by atoms with Gasteiger partial charge >= 0.3 is 0 Å². The van der Waals surface area contributed by atoms with Crippen LogP contribution in [0.25, 0.3) is 0 Å². The fourth-order valence-electron chi connectivity index (χ4n) is 3.64. The average molecular weight is 442 g/mol. The number of hydrogen-bond donors (Lipinski definition) is 2. The molecule has 1 aliphatic rings. The topological polar surface area (TPSA) is 144 Å². The summed E-state index contributed by atoms with van der Waals surface area (Å²) in [6.45, 7) is 0. The van der Waals surface area contributed by atoms with Crippen LogP contribution in [-0.2, 0) is 0 Å². The number of nitriles is 1. The van der Waals surface area contributed by atoms with E-state index in [9.17, 15) is 20.5 Å². The smallest absolute Gasteiger partial charge is 0.269 e. The molecule has 0 aliphatic carbocycles. The quantitative estimate of drug-likeness (QED) is 0.341. The molecule has 1 heterocycles. The zero-order valence-electron chi connectivity index (χ0n) is 17.4. The molecule has 0 fully saturated rings. The van der Waals surface area contributed by atoms with Gasteiger partial charge in [0.2, 0.25) is 5.88 Å². The third-order valence-corrected chi connectivity index (χ3v) is 5.22. The predicted octanol–water partition coefficient (Wildman–Crippen LogP) is 4.28. The van der Waals surface area contributed by atoms with Gasteiger partial charge in [-0.2, -0.15) is 5.26 Å². The van der Waals surface area contributed by atoms with E-state index in [0.29, 0.717) is 22.6 Å². The highest BCUT2D eigenvalue weighted by atomic mass is 16.6. The van der Waals surface area contributed by atoms with Gasteiger partial charge in [-0.3, -0.25) is 15.1 Å². The van der Waals surface area contributed by atoms with Crippen LogP contribution in [0.1, 0.15) is 22.6 Å². The molecule has 0 aromatic heterocycles. The van der Waals surface area contributed by atoms with E-state index < -0.39 is 10.8 Å². The zero-order valence-corrected chi connectivity index (χ0v) is 17.4. The molecule has 0 bridgehead atoms. The van der Waals surface area contributed by atoms with Crippen LogP contribution < -0.4 is 15.2 Å². The number of phenols is 1. The van der Waals surface area contributed by atoms with Gasteiger partial charge < -0.3 is 20.3 Å². The lowest BCUT2D eigenvalue weighted by molar-refractivity contribution is -0.384. The first kappa shape index (κ1) is 21.4. The number of nitro benzene ring substituents is 1.